The smallest absolute Gasteiger partial charge is 0.0292 e. The Kier molecular flexibility index (Phi) is 5.94. The van der Waals surface area contributed by atoms with E-state index in [4.69, 9.17) is 25.7 Å². The van der Waals surface area contributed by atoms with E-state index in [9.17, 15) is 0 Å². The van der Waals surface area contributed by atoms with Gasteiger partial charge in [0.2, 0.25) is 0 Å². The molecule has 8 fully saturated rings. The highest BCUT2D eigenvalue weighted by molar-refractivity contribution is 5.54. The van der Waals surface area contributed by atoms with E-state index in [1.807, 2.05) is 0 Å². The first kappa shape index (κ1) is 28.1. The highest BCUT2D eigenvalue weighted by Gasteiger charge is 2.61. The minimum Gasteiger partial charge on any atom is -0.115 e. The van der Waals surface area contributed by atoms with Crippen LogP contribution in [-0.4, -0.2) is 0 Å². The first-order valence-corrected chi connectivity index (χ1v) is 17.6. The summed E-state index contributed by atoms with van der Waals surface area (Å²) in [5.74, 6) is 14.8. The van der Waals surface area contributed by atoms with Crippen molar-refractivity contribution in [2.24, 2.45) is 23.7 Å². The quantitative estimate of drug-likeness (QED) is 0.264. The molecule has 8 bridgehead atoms. The van der Waals surface area contributed by atoms with Gasteiger partial charge in [0, 0.05) is 22.3 Å². The van der Waals surface area contributed by atoms with Gasteiger partial charge in [-0.3, -0.25) is 0 Å². The molecule has 8 aliphatic carbocycles. The van der Waals surface area contributed by atoms with E-state index in [1.165, 1.54) is 88.2 Å². The average Bonchev–Trinajstić information content (AvgIpc) is 3.06. The predicted molar refractivity (Wildman–Crippen MR) is 187 cm³/mol. The third-order valence-electron chi connectivity index (χ3n) is 14.0. The van der Waals surface area contributed by atoms with Crippen LogP contribution >= 0.6 is 0 Å². The molecule has 4 unspecified atom stereocenters. The van der Waals surface area contributed by atoms with Crippen molar-refractivity contribution in [1.82, 2.24) is 0 Å². The lowest BCUT2D eigenvalue weighted by Crippen LogP contribution is -2.57. The summed E-state index contributed by atoms with van der Waals surface area (Å²) < 4.78 is 0. The van der Waals surface area contributed by atoms with Crippen molar-refractivity contribution in [1.29, 1.82) is 0 Å². The van der Waals surface area contributed by atoms with Crippen LogP contribution in [0.4, 0.5) is 0 Å². The molecule has 0 N–H and O–H groups in total. The molecule has 8 aliphatic rings. The Bertz CT molecular complexity index is 1790. The molecule has 0 saturated heterocycles. The van der Waals surface area contributed by atoms with Gasteiger partial charge in [0.1, 0.15) is 0 Å². The Morgan fingerprint density at radius 1 is 0.457 bits per heavy atom. The Balaban J connectivity index is 1.11. The lowest BCUT2D eigenvalue weighted by atomic mass is 9.40. The first-order valence-electron chi connectivity index (χ1n) is 17.6. The summed E-state index contributed by atoms with van der Waals surface area (Å²) >= 11 is 0. The standard InChI is InChI=1S/C46H42/c1-5-31-12-14-41(37(7-3)18-31)45-25-33-16-34(26-45)22-43(21-33,29-45)39-10-9-11-40(20-39)44-23-35-17-36(24-44)28-46(27-35,30-44)42-15-13-32(6-2)19-38(42)8-4/h1-4,9-15,18-20,33-36H,16-17,21-30H2. The average molecular weight is 595 g/mol. The van der Waals surface area contributed by atoms with Crippen LogP contribution in [0.1, 0.15) is 122 Å². The molecule has 0 aromatic heterocycles. The van der Waals surface area contributed by atoms with Crippen LogP contribution in [0.3, 0.4) is 0 Å². The topological polar surface area (TPSA) is 0 Å². The van der Waals surface area contributed by atoms with E-state index >= 15 is 0 Å². The summed E-state index contributed by atoms with van der Waals surface area (Å²) in [6.45, 7) is 0. The van der Waals surface area contributed by atoms with Gasteiger partial charge in [-0.25, -0.2) is 0 Å². The maximum Gasteiger partial charge on any atom is 0.0292 e. The van der Waals surface area contributed by atoms with Crippen LogP contribution in [0.5, 0.6) is 0 Å². The van der Waals surface area contributed by atoms with Gasteiger partial charge >= 0.3 is 0 Å². The third kappa shape index (κ3) is 3.93. The van der Waals surface area contributed by atoms with Gasteiger partial charge in [-0.05, 0) is 169 Å². The molecule has 11 rings (SSSR count). The molecule has 8 saturated carbocycles. The van der Waals surface area contributed by atoms with Crippen molar-refractivity contribution in [3.05, 3.63) is 105 Å². The second-order valence-electron chi connectivity index (χ2n) is 16.7. The van der Waals surface area contributed by atoms with E-state index in [2.05, 4.69) is 84.3 Å². The fourth-order valence-electron chi connectivity index (χ4n) is 13.4. The van der Waals surface area contributed by atoms with Crippen molar-refractivity contribution in [3.8, 4) is 49.4 Å². The monoisotopic (exact) mass is 594 g/mol. The Morgan fingerprint density at radius 2 is 0.848 bits per heavy atom. The molecule has 0 spiro atoms. The van der Waals surface area contributed by atoms with Crippen LogP contribution in [0.25, 0.3) is 0 Å². The molecule has 226 valence electrons. The van der Waals surface area contributed by atoms with Crippen LogP contribution in [0.15, 0.2) is 60.7 Å². The molecule has 0 nitrogen and oxygen atoms in total. The summed E-state index contributed by atoms with van der Waals surface area (Å²) in [5.41, 5.74) is 10.5. The second kappa shape index (κ2) is 9.71. The number of hydrogen-bond acceptors (Lipinski definition) is 0. The van der Waals surface area contributed by atoms with Crippen molar-refractivity contribution >= 4 is 0 Å². The van der Waals surface area contributed by atoms with Gasteiger partial charge in [-0.2, -0.15) is 0 Å². The highest BCUT2D eigenvalue weighted by atomic mass is 14.6. The van der Waals surface area contributed by atoms with E-state index in [-0.39, 0.29) is 21.7 Å². The van der Waals surface area contributed by atoms with Crippen molar-refractivity contribution in [2.75, 3.05) is 0 Å². The van der Waals surface area contributed by atoms with Crippen LogP contribution in [0.2, 0.25) is 0 Å². The highest BCUT2D eigenvalue weighted by Crippen LogP contribution is 2.69. The van der Waals surface area contributed by atoms with Crippen LogP contribution in [-0.2, 0) is 21.7 Å². The van der Waals surface area contributed by atoms with Gasteiger partial charge < -0.3 is 0 Å². The minimum atomic E-state index is 0.149. The molecule has 0 amide bonds. The molecule has 3 aromatic rings. The fourth-order valence-corrected chi connectivity index (χ4v) is 13.4. The number of rotatable bonds is 4. The normalized spacial score (nSPS) is 37.7. The van der Waals surface area contributed by atoms with Crippen molar-refractivity contribution in [3.63, 3.8) is 0 Å². The number of hydrogen-bond donors (Lipinski definition) is 0. The molecular formula is C46H42. The van der Waals surface area contributed by atoms with Crippen LogP contribution in [0, 0.1) is 73.0 Å². The van der Waals surface area contributed by atoms with E-state index in [0.29, 0.717) is 0 Å². The summed E-state index contributed by atoms with van der Waals surface area (Å²) in [4.78, 5) is 0. The van der Waals surface area contributed by atoms with Crippen molar-refractivity contribution < 1.29 is 0 Å². The maximum atomic E-state index is 6.15. The molecule has 0 heteroatoms. The minimum absolute atomic E-state index is 0.149. The van der Waals surface area contributed by atoms with Gasteiger partial charge in [0.25, 0.3) is 0 Å². The summed E-state index contributed by atoms with van der Waals surface area (Å²) in [5, 5.41) is 0. The zero-order chi connectivity index (χ0) is 31.3. The third-order valence-corrected chi connectivity index (χ3v) is 14.0. The Labute approximate surface area is 276 Å². The zero-order valence-electron chi connectivity index (χ0n) is 26.9. The fraction of sp³-hybridized carbons (Fsp3) is 0.435. The van der Waals surface area contributed by atoms with E-state index < -0.39 is 0 Å². The lowest BCUT2D eigenvalue weighted by molar-refractivity contribution is -0.0310. The summed E-state index contributed by atoms with van der Waals surface area (Å²) in [6, 6.07) is 23.1. The summed E-state index contributed by atoms with van der Waals surface area (Å²) in [7, 11) is 0. The van der Waals surface area contributed by atoms with E-state index in [1.54, 1.807) is 11.1 Å². The van der Waals surface area contributed by atoms with Gasteiger partial charge in [0.05, 0.1) is 0 Å². The molecule has 46 heavy (non-hydrogen) atoms. The molecule has 4 atom stereocenters. The largest absolute Gasteiger partial charge is 0.115 e. The Hall–Kier alpha value is -4.10. The van der Waals surface area contributed by atoms with Gasteiger partial charge in [-0.1, -0.05) is 60.1 Å². The van der Waals surface area contributed by atoms with Gasteiger partial charge in [0.15, 0.2) is 0 Å². The molecule has 3 aromatic carbocycles. The molecule has 0 aliphatic heterocycles. The molecular weight excluding hydrogens is 553 g/mol. The second-order valence-corrected chi connectivity index (χ2v) is 16.7. The molecule has 0 radical (unpaired) electrons. The SMILES string of the molecule is C#Cc1ccc(C23CC4CC(CC(c5cccc(C67CC8CC(C6)CC(c6ccc(C#C)cc6C#C)(C8)C7)c5)(C4)C2)C3)c(C#C)c1. The number of benzene rings is 3. The Morgan fingerprint density at radius 3 is 1.22 bits per heavy atom. The first-order chi connectivity index (χ1) is 22.3. The number of terminal acetylenes is 4. The van der Waals surface area contributed by atoms with Gasteiger partial charge in [-0.15, -0.1) is 25.7 Å². The summed E-state index contributed by atoms with van der Waals surface area (Å²) in [6.07, 6.45) is 39.4. The lowest BCUT2D eigenvalue weighted by Gasteiger charge is -2.64. The molecule has 0 heterocycles. The van der Waals surface area contributed by atoms with Crippen LogP contribution < -0.4 is 0 Å². The van der Waals surface area contributed by atoms with Crippen molar-refractivity contribution in [2.45, 2.75) is 98.7 Å². The zero-order valence-corrected chi connectivity index (χ0v) is 26.9. The predicted octanol–water partition coefficient (Wildman–Crippen LogP) is 9.19. The maximum absolute atomic E-state index is 6.15. The van der Waals surface area contributed by atoms with E-state index in [0.717, 1.165) is 45.9 Å².